The molecular formula is C22H27N3O4. The van der Waals surface area contributed by atoms with E-state index in [2.05, 4.69) is 23.2 Å². The Morgan fingerprint density at radius 2 is 2.10 bits per heavy atom. The van der Waals surface area contributed by atoms with Gasteiger partial charge in [0.1, 0.15) is 5.82 Å². The van der Waals surface area contributed by atoms with Crippen molar-refractivity contribution in [1.29, 1.82) is 0 Å². The Balaban J connectivity index is 1.59. The molecule has 1 aromatic heterocycles. The van der Waals surface area contributed by atoms with Crippen LogP contribution in [0.15, 0.2) is 28.6 Å². The van der Waals surface area contributed by atoms with E-state index in [0.29, 0.717) is 38.5 Å². The topological polar surface area (TPSA) is 84.7 Å². The highest BCUT2D eigenvalue weighted by molar-refractivity contribution is 5.96. The smallest absolute Gasteiger partial charge is 0.315 e. The van der Waals surface area contributed by atoms with Crippen LogP contribution < -0.4 is 5.56 Å². The third-order valence-electron chi connectivity index (χ3n) is 7.08. The number of ether oxygens (including phenoxy) is 1. The van der Waals surface area contributed by atoms with Crippen molar-refractivity contribution in [2.24, 2.45) is 5.41 Å². The van der Waals surface area contributed by atoms with Gasteiger partial charge in [-0.2, -0.15) is 4.98 Å². The Morgan fingerprint density at radius 3 is 2.86 bits per heavy atom. The first-order chi connectivity index (χ1) is 14.1. The zero-order valence-electron chi connectivity index (χ0n) is 16.6. The van der Waals surface area contributed by atoms with Gasteiger partial charge in [-0.1, -0.05) is 36.6 Å². The number of carbonyl (C=O) groups excluding carboxylic acids is 1. The van der Waals surface area contributed by atoms with E-state index in [1.54, 1.807) is 9.47 Å². The zero-order chi connectivity index (χ0) is 20.0. The van der Waals surface area contributed by atoms with Crippen molar-refractivity contribution in [3.05, 3.63) is 45.7 Å². The van der Waals surface area contributed by atoms with Crippen LogP contribution in [0, 0.1) is 5.41 Å². The van der Waals surface area contributed by atoms with Crippen molar-refractivity contribution in [3.8, 4) is 5.75 Å². The van der Waals surface area contributed by atoms with Crippen LogP contribution in [0.2, 0.25) is 0 Å². The normalized spacial score (nSPS) is 25.5. The maximum Gasteiger partial charge on any atom is 0.315 e. The third-order valence-corrected chi connectivity index (χ3v) is 7.08. The fourth-order valence-corrected chi connectivity index (χ4v) is 5.57. The van der Waals surface area contributed by atoms with Gasteiger partial charge in [0.15, 0.2) is 5.69 Å². The maximum atomic E-state index is 13.1. The van der Waals surface area contributed by atoms with Crippen molar-refractivity contribution >= 4 is 5.91 Å². The summed E-state index contributed by atoms with van der Waals surface area (Å²) in [5.41, 5.74) is 0.824. The number of allylic oxidation sites excluding steroid dienone is 4. The number of morpholine rings is 1. The van der Waals surface area contributed by atoms with Crippen LogP contribution in [-0.4, -0.2) is 51.3 Å². The summed E-state index contributed by atoms with van der Waals surface area (Å²) >= 11 is 0. The Labute approximate surface area is 169 Å². The third kappa shape index (κ3) is 3.03. The van der Waals surface area contributed by atoms with E-state index in [0.717, 1.165) is 25.7 Å². The van der Waals surface area contributed by atoms with Gasteiger partial charge in [-0.3, -0.25) is 9.59 Å². The van der Waals surface area contributed by atoms with Gasteiger partial charge in [0.05, 0.1) is 19.3 Å². The molecule has 29 heavy (non-hydrogen) atoms. The number of aromatic nitrogens is 2. The van der Waals surface area contributed by atoms with E-state index in [-0.39, 0.29) is 23.1 Å². The predicted molar refractivity (Wildman–Crippen MR) is 107 cm³/mol. The monoisotopic (exact) mass is 397 g/mol. The molecule has 1 unspecified atom stereocenters. The van der Waals surface area contributed by atoms with Crippen molar-refractivity contribution in [2.45, 2.75) is 57.5 Å². The van der Waals surface area contributed by atoms with E-state index in [4.69, 9.17) is 4.74 Å². The first-order valence-corrected chi connectivity index (χ1v) is 10.7. The van der Waals surface area contributed by atoms with Gasteiger partial charge in [0.2, 0.25) is 5.75 Å². The fourth-order valence-electron chi connectivity index (χ4n) is 5.57. The van der Waals surface area contributed by atoms with E-state index < -0.39 is 11.3 Å². The molecule has 2 aliphatic heterocycles. The van der Waals surface area contributed by atoms with Gasteiger partial charge in [0, 0.05) is 19.5 Å². The standard InChI is InChI=1S/C22H27N3O4/c26-19-18-21(28)24-10-11-29-14-16(24)13-25(18)17(23-20(19)27)12-22(8-4-5-9-22)15-6-2-1-3-7-15/h1-2,6,16,26H,3-5,7-14H2. The molecule has 1 saturated heterocycles. The Kier molecular flexibility index (Phi) is 4.57. The van der Waals surface area contributed by atoms with Crippen LogP contribution in [0.3, 0.4) is 0 Å². The van der Waals surface area contributed by atoms with Gasteiger partial charge in [-0.15, -0.1) is 0 Å². The SMILES string of the molecule is O=C1c2c(O)c(=O)nc(CC3(C4=CC=CCC4)CCCC3)n2CC2COCCN12. The molecule has 2 aliphatic carbocycles. The predicted octanol–water partition coefficient (Wildman–Crippen LogP) is 2.18. The lowest BCUT2D eigenvalue weighted by Gasteiger charge is -2.41. The lowest BCUT2D eigenvalue weighted by molar-refractivity contribution is -0.0147. The highest BCUT2D eigenvalue weighted by Gasteiger charge is 2.42. The van der Waals surface area contributed by atoms with Crippen LogP contribution >= 0.6 is 0 Å². The summed E-state index contributed by atoms with van der Waals surface area (Å²) in [4.78, 5) is 31.6. The highest BCUT2D eigenvalue weighted by Crippen LogP contribution is 2.49. The van der Waals surface area contributed by atoms with Crippen molar-refractivity contribution < 1.29 is 14.6 Å². The molecule has 154 valence electrons. The summed E-state index contributed by atoms with van der Waals surface area (Å²) in [6, 6.07) is -0.0810. The molecule has 3 heterocycles. The van der Waals surface area contributed by atoms with Gasteiger partial charge in [0.25, 0.3) is 5.91 Å². The molecule has 1 saturated carbocycles. The molecule has 7 heteroatoms. The summed E-state index contributed by atoms with van der Waals surface area (Å²) in [7, 11) is 0. The molecule has 5 rings (SSSR count). The van der Waals surface area contributed by atoms with Crippen molar-refractivity contribution in [2.75, 3.05) is 19.8 Å². The van der Waals surface area contributed by atoms with Gasteiger partial charge >= 0.3 is 5.56 Å². The average molecular weight is 397 g/mol. The maximum absolute atomic E-state index is 13.1. The molecule has 1 aromatic rings. The molecular weight excluding hydrogens is 370 g/mol. The van der Waals surface area contributed by atoms with Crippen LogP contribution in [0.25, 0.3) is 0 Å². The number of hydrogen-bond donors (Lipinski definition) is 1. The van der Waals surface area contributed by atoms with Crippen LogP contribution in [-0.2, 0) is 17.7 Å². The summed E-state index contributed by atoms with van der Waals surface area (Å²) in [6.07, 6.45) is 13.7. The van der Waals surface area contributed by atoms with Crippen molar-refractivity contribution in [3.63, 3.8) is 0 Å². The Morgan fingerprint density at radius 1 is 1.28 bits per heavy atom. The zero-order valence-corrected chi connectivity index (χ0v) is 16.6. The minimum Gasteiger partial charge on any atom is -0.501 e. The van der Waals surface area contributed by atoms with E-state index >= 15 is 0 Å². The average Bonchev–Trinajstić information content (AvgIpc) is 3.22. The van der Waals surface area contributed by atoms with Crippen LogP contribution in [0.5, 0.6) is 5.75 Å². The van der Waals surface area contributed by atoms with Crippen LogP contribution in [0.4, 0.5) is 0 Å². The number of fused-ring (bicyclic) bond motifs is 2. The summed E-state index contributed by atoms with van der Waals surface area (Å²) in [5.74, 6) is -0.189. The molecule has 2 fully saturated rings. The lowest BCUT2D eigenvalue weighted by Crippen LogP contribution is -2.55. The van der Waals surface area contributed by atoms with Gasteiger partial charge < -0.3 is 19.3 Å². The van der Waals surface area contributed by atoms with Gasteiger partial charge in [-0.05, 0) is 31.1 Å². The minimum atomic E-state index is -0.697. The number of amides is 1. The molecule has 4 aliphatic rings. The number of hydrogen-bond acceptors (Lipinski definition) is 5. The molecule has 1 atom stereocenters. The highest BCUT2D eigenvalue weighted by atomic mass is 16.5. The minimum absolute atomic E-state index is 0.00874. The summed E-state index contributed by atoms with van der Waals surface area (Å²) in [6.45, 7) is 1.94. The largest absolute Gasteiger partial charge is 0.501 e. The lowest BCUT2D eigenvalue weighted by atomic mass is 9.72. The fraction of sp³-hybridized carbons (Fsp3) is 0.591. The number of nitrogens with zero attached hydrogens (tertiary/aromatic N) is 3. The second-order valence-corrected chi connectivity index (χ2v) is 8.69. The second kappa shape index (κ2) is 7.13. The Hall–Kier alpha value is -2.41. The van der Waals surface area contributed by atoms with E-state index in [9.17, 15) is 14.7 Å². The van der Waals surface area contributed by atoms with Crippen LogP contribution in [0.1, 0.15) is 54.8 Å². The molecule has 0 aromatic carbocycles. The second-order valence-electron chi connectivity index (χ2n) is 8.69. The number of aromatic hydroxyl groups is 1. The molecule has 0 bridgehead atoms. The van der Waals surface area contributed by atoms with E-state index in [1.165, 1.54) is 18.4 Å². The molecule has 0 spiro atoms. The quantitative estimate of drug-likeness (QED) is 0.845. The molecule has 1 amide bonds. The Bertz CT molecular complexity index is 956. The molecule has 0 radical (unpaired) electrons. The summed E-state index contributed by atoms with van der Waals surface area (Å²) in [5, 5.41) is 10.4. The number of rotatable bonds is 3. The number of carbonyl (C=O) groups is 1. The summed E-state index contributed by atoms with van der Waals surface area (Å²) < 4.78 is 7.38. The van der Waals surface area contributed by atoms with E-state index in [1.807, 2.05) is 0 Å². The first kappa shape index (κ1) is 18.6. The molecule has 1 N–H and O–H groups in total. The molecule has 7 nitrogen and oxygen atoms in total. The first-order valence-electron chi connectivity index (χ1n) is 10.7. The van der Waals surface area contributed by atoms with Crippen molar-refractivity contribution in [1.82, 2.24) is 14.5 Å². The van der Waals surface area contributed by atoms with Gasteiger partial charge in [-0.25, -0.2) is 0 Å².